The number of nitrogens with zero attached hydrogens (tertiary/aromatic N) is 4. The van der Waals surface area contributed by atoms with Crippen molar-refractivity contribution >= 4 is 17.0 Å². The summed E-state index contributed by atoms with van der Waals surface area (Å²) in [4.78, 5) is 12.1. The average molecular weight is 267 g/mol. The first-order valence-corrected chi connectivity index (χ1v) is 6.00. The molecule has 3 N–H and O–H groups in total. The third-order valence-electron chi connectivity index (χ3n) is 3.28. The van der Waals surface area contributed by atoms with Crippen LogP contribution in [-0.2, 0) is 11.3 Å². The van der Waals surface area contributed by atoms with Crippen LogP contribution in [0.3, 0.4) is 0 Å². The van der Waals surface area contributed by atoms with Gasteiger partial charge in [0.1, 0.15) is 18.5 Å². The fourth-order valence-electron chi connectivity index (χ4n) is 2.29. The first kappa shape index (κ1) is 12.2. The van der Waals surface area contributed by atoms with Crippen LogP contribution in [-0.4, -0.2) is 43.2 Å². The van der Waals surface area contributed by atoms with Crippen molar-refractivity contribution in [2.24, 2.45) is 0 Å². The van der Waals surface area contributed by atoms with Crippen LogP contribution in [0, 0.1) is 0 Å². The number of rotatable bonds is 3. The molecule has 7 nitrogen and oxygen atoms in total. The number of imidazole rings is 1. The first-order chi connectivity index (χ1) is 9.11. The van der Waals surface area contributed by atoms with Crippen molar-refractivity contribution in [3.63, 3.8) is 0 Å². The topological polar surface area (TPSA) is 99.1 Å². The Bertz CT molecular complexity index is 604. The molecule has 0 radical (unpaired) electrons. The zero-order chi connectivity index (χ0) is 13.5. The number of halogens is 1. The van der Waals surface area contributed by atoms with Gasteiger partial charge in [0.25, 0.3) is 0 Å². The molecule has 3 rings (SSSR count). The van der Waals surface area contributed by atoms with Gasteiger partial charge in [-0.2, -0.15) is 0 Å². The summed E-state index contributed by atoms with van der Waals surface area (Å²) in [5.74, 6) is -1.61. The molecular formula is C11H14FN5O2. The van der Waals surface area contributed by atoms with E-state index in [1.165, 1.54) is 6.33 Å². The molecule has 2 aromatic heterocycles. The Morgan fingerprint density at radius 3 is 3.11 bits per heavy atom. The highest BCUT2D eigenvalue weighted by atomic mass is 19.2. The molecule has 102 valence electrons. The standard InChI is InChI=1S/C11H14FN5O2/c12-11(4-18)2-1-7(19-11)3-17-6-16-8-9(13)14-5-15-10(8)17/h5-7,18H,1-4H2,(H2,13,14,15)/t7-,11-/m1/s1. The fraction of sp³-hybridized carbons (Fsp3) is 0.545. The summed E-state index contributed by atoms with van der Waals surface area (Å²) < 4.78 is 20.7. The number of nitrogens with two attached hydrogens (primary N) is 1. The Balaban J connectivity index is 1.81. The van der Waals surface area contributed by atoms with Crippen LogP contribution < -0.4 is 5.73 Å². The lowest BCUT2D eigenvalue weighted by Gasteiger charge is -2.18. The Labute approximate surface area is 108 Å². The molecule has 1 fully saturated rings. The van der Waals surface area contributed by atoms with E-state index in [2.05, 4.69) is 15.0 Å². The van der Waals surface area contributed by atoms with Gasteiger partial charge in [0.15, 0.2) is 11.5 Å². The van der Waals surface area contributed by atoms with Crippen LogP contribution in [0.15, 0.2) is 12.7 Å². The number of ether oxygens (including phenoxy) is 1. The number of anilines is 1. The van der Waals surface area contributed by atoms with Crippen LogP contribution in [0.1, 0.15) is 12.8 Å². The minimum absolute atomic E-state index is 0.192. The molecule has 0 saturated carbocycles. The maximum atomic E-state index is 13.8. The van der Waals surface area contributed by atoms with Gasteiger partial charge >= 0.3 is 0 Å². The van der Waals surface area contributed by atoms with Crippen LogP contribution in [0.5, 0.6) is 0 Å². The van der Waals surface area contributed by atoms with E-state index >= 15 is 0 Å². The van der Waals surface area contributed by atoms with Gasteiger partial charge in [0.2, 0.25) is 5.85 Å². The van der Waals surface area contributed by atoms with E-state index in [-0.39, 0.29) is 12.5 Å². The molecule has 1 aliphatic heterocycles. The highest BCUT2D eigenvalue weighted by Gasteiger charge is 2.40. The Morgan fingerprint density at radius 2 is 2.37 bits per heavy atom. The molecule has 0 bridgehead atoms. The summed E-state index contributed by atoms with van der Waals surface area (Å²) in [6.45, 7) is -0.206. The molecule has 19 heavy (non-hydrogen) atoms. The van der Waals surface area contributed by atoms with E-state index in [4.69, 9.17) is 15.6 Å². The van der Waals surface area contributed by atoms with Crippen molar-refractivity contribution in [2.45, 2.75) is 31.3 Å². The minimum atomic E-state index is -1.92. The summed E-state index contributed by atoms with van der Waals surface area (Å²) in [6, 6.07) is 0. The number of hydrogen-bond donors (Lipinski definition) is 2. The fourth-order valence-corrected chi connectivity index (χ4v) is 2.29. The molecule has 0 unspecified atom stereocenters. The lowest BCUT2D eigenvalue weighted by atomic mass is 10.2. The quantitative estimate of drug-likeness (QED) is 0.826. The summed E-state index contributed by atoms with van der Waals surface area (Å²) in [6.07, 6.45) is 3.36. The molecule has 2 atom stereocenters. The molecule has 0 spiro atoms. The Kier molecular flexibility index (Phi) is 2.83. The third kappa shape index (κ3) is 2.13. The number of hydrogen-bond acceptors (Lipinski definition) is 6. The monoisotopic (exact) mass is 267 g/mol. The highest BCUT2D eigenvalue weighted by molar-refractivity contribution is 5.81. The van der Waals surface area contributed by atoms with Crippen molar-refractivity contribution in [1.82, 2.24) is 19.5 Å². The largest absolute Gasteiger partial charge is 0.390 e. The molecule has 0 aliphatic carbocycles. The Hall–Kier alpha value is -1.80. The number of nitrogen functional groups attached to an aromatic ring is 1. The Morgan fingerprint density at radius 1 is 1.53 bits per heavy atom. The number of aliphatic hydroxyl groups is 1. The van der Waals surface area contributed by atoms with E-state index < -0.39 is 12.5 Å². The zero-order valence-corrected chi connectivity index (χ0v) is 10.2. The molecular weight excluding hydrogens is 253 g/mol. The van der Waals surface area contributed by atoms with Gasteiger partial charge in [-0.1, -0.05) is 0 Å². The van der Waals surface area contributed by atoms with Gasteiger partial charge in [-0.15, -0.1) is 0 Å². The predicted octanol–water partition coefficient (Wildman–Crippen LogP) is 0.246. The van der Waals surface area contributed by atoms with Gasteiger partial charge in [-0.25, -0.2) is 19.3 Å². The second kappa shape index (κ2) is 4.39. The summed E-state index contributed by atoms with van der Waals surface area (Å²) in [7, 11) is 0. The molecule has 1 aliphatic rings. The second-order valence-electron chi connectivity index (χ2n) is 4.65. The van der Waals surface area contributed by atoms with Crippen LogP contribution >= 0.6 is 0 Å². The molecule has 2 aromatic rings. The van der Waals surface area contributed by atoms with E-state index in [9.17, 15) is 4.39 Å². The van der Waals surface area contributed by atoms with Crippen molar-refractivity contribution in [1.29, 1.82) is 0 Å². The summed E-state index contributed by atoms with van der Waals surface area (Å²) in [5, 5.41) is 8.92. The van der Waals surface area contributed by atoms with Crippen molar-refractivity contribution in [3.05, 3.63) is 12.7 Å². The van der Waals surface area contributed by atoms with Gasteiger partial charge in [0.05, 0.1) is 19.0 Å². The maximum absolute atomic E-state index is 13.8. The van der Waals surface area contributed by atoms with Gasteiger partial charge < -0.3 is 20.1 Å². The number of fused-ring (bicyclic) bond motifs is 1. The van der Waals surface area contributed by atoms with E-state index in [1.54, 1.807) is 10.9 Å². The zero-order valence-electron chi connectivity index (χ0n) is 10.2. The van der Waals surface area contributed by atoms with Gasteiger partial charge in [0, 0.05) is 6.42 Å². The summed E-state index contributed by atoms with van der Waals surface area (Å²) >= 11 is 0. The molecule has 1 saturated heterocycles. The SMILES string of the molecule is Nc1ncnc2c1ncn2C[C@H]1CC[C@](F)(CO)O1. The molecule has 0 aromatic carbocycles. The lowest BCUT2D eigenvalue weighted by Crippen LogP contribution is -2.29. The summed E-state index contributed by atoms with van der Waals surface area (Å²) in [5.41, 5.74) is 6.81. The lowest BCUT2D eigenvalue weighted by molar-refractivity contribution is -0.161. The molecule has 3 heterocycles. The van der Waals surface area contributed by atoms with Gasteiger partial charge in [-0.3, -0.25) is 0 Å². The van der Waals surface area contributed by atoms with Gasteiger partial charge in [-0.05, 0) is 6.42 Å². The van der Waals surface area contributed by atoms with Crippen LogP contribution in [0.4, 0.5) is 10.2 Å². The second-order valence-corrected chi connectivity index (χ2v) is 4.65. The van der Waals surface area contributed by atoms with Crippen LogP contribution in [0.25, 0.3) is 11.2 Å². The van der Waals surface area contributed by atoms with E-state index in [0.717, 1.165) is 0 Å². The first-order valence-electron chi connectivity index (χ1n) is 6.00. The van der Waals surface area contributed by atoms with Crippen LogP contribution in [0.2, 0.25) is 0 Å². The molecule has 0 amide bonds. The van der Waals surface area contributed by atoms with E-state index in [1.807, 2.05) is 0 Å². The normalized spacial score (nSPS) is 27.2. The van der Waals surface area contributed by atoms with E-state index in [0.29, 0.717) is 29.9 Å². The smallest absolute Gasteiger partial charge is 0.232 e. The number of aromatic nitrogens is 4. The minimum Gasteiger partial charge on any atom is -0.390 e. The van der Waals surface area contributed by atoms with Crippen molar-refractivity contribution in [3.8, 4) is 0 Å². The number of alkyl halides is 1. The number of aliphatic hydroxyl groups excluding tert-OH is 1. The predicted molar refractivity (Wildman–Crippen MR) is 64.8 cm³/mol. The van der Waals surface area contributed by atoms with Crippen molar-refractivity contribution < 1.29 is 14.2 Å². The molecule has 8 heteroatoms. The third-order valence-corrected chi connectivity index (χ3v) is 3.28. The highest BCUT2D eigenvalue weighted by Crippen LogP contribution is 2.32. The van der Waals surface area contributed by atoms with Crippen molar-refractivity contribution in [2.75, 3.05) is 12.3 Å². The average Bonchev–Trinajstić information content (AvgIpc) is 2.97. The maximum Gasteiger partial charge on any atom is 0.232 e.